The lowest BCUT2D eigenvalue weighted by molar-refractivity contribution is 0.00244. The second-order valence-corrected chi connectivity index (χ2v) is 12.2. The average Bonchev–Trinajstić information content (AvgIpc) is 2.97. The topological polar surface area (TPSA) is 67.2 Å². The predicted molar refractivity (Wildman–Crippen MR) is 171 cm³/mol. The number of benzene rings is 2. The van der Waals surface area contributed by atoms with E-state index in [2.05, 4.69) is 9.80 Å². The molecular weight excluding hydrogens is 575 g/mol. The van der Waals surface area contributed by atoms with Gasteiger partial charge in [-0.25, -0.2) is 4.79 Å². The first-order valence-corrected chi connectivity index (χ1v) is 15.4. The molecular formula is C32H42Cl2N4O4. The summed E-state index contributed by atoms with van der Waals surface area (Å²) in [6, 6.07) is 14.8. The summed E-state index contributed by atoms with van der Waals surface area (Å²) in [5.41, 5.74) is 1.45. The number of piperazine rings is 1. The first-order chi connectivity index (χ1) is 20.1. The van der Waals surface area contributed by atoms with Gasteiger partial charge in [0.05, 0.1) is 27.9 Å². The molecule has 1 amide bonds. The number of hydrogen-bond donors (Lipinski definition) is 0. The van der Waals surface area contributed by atoms with E-state index in [1.165, 1.54) is 11.0 Å². The van der Waals surface area contributed by atoms with Gasteiger partial charge in [0.2, 0.25) is 0 Å². The van der Waals surface area contributed by atoms with Crippen LogP contribution in [-0.4, -0.2) is 72.9 Å². The van der Waals surface area contributed by atoms with Crippen LogP contribution in [0.3, 0.4) is 0 Å². The summed E-state index contributed by atoms with van der Waals surface area (Å²) in [7, 11) is 1.69. The third-order valence-corrected chi connectivity index (χ3v) is 8.60. The van der Waals surface area contributed by atoms with E-state index in [-0.39, 0.29) is 17.5 Å². The monoisotopic (exact) mass is 616 g/mol. The zero-order chi connectivity index (χ0) is 30.4. The van der Waals surface area contributed by atoms with E-state index in [1.807, 2.05) is 64.1 Å². The summed E-state index contributed by atoms with van der Waals surface area (Å²) in [6.45, 7) is 13.0. The van der Waals surface area contributed by atoms with Gasteiger partial charge < -0.3 is 19.3 Å². The van der Waals surface area contributed by atoms with Gasteiger partial charge in [-0.2, -0.15) is 0 Å². The lowest BCUT2D eigenvalue weighted by Gasteiger charge is -2.36. The number of anilines is 1. The fourth-order valence-corrected chi connectivity index (χ4v) is 5.46. The standard InChI is InChI=1S/C32H42Cl2N4O4/c1-22(2)31(42-32(40)35(5)23(3)4)38-28-21-25(13-11-24(28)12-14-29(38)39)41-20-7-6-15-36-16-18-37(19-17-36)27-10-8-9-26(33)30(27)34/h8-14,21-23,31H,6-7,15-20H2,1-5H3. The Bertz CT molecular complexity index is 1420. The molecule has 0 spiro atoms. The first-order valence-electron chi connectivity index (χ1n) is 14.7. The van der Waals surface area contributed by atoms with Crippen molar-refractivity contribution in [1.82, 2.24) is 14.4 Å². The molecule has 228 valence electrons. The van der Waals surface area contributed by atoms with Gasteiger partial charge in [-0.15, -0.1) is 0 Å². The highest BCUT2D eigenvalue weighted by Gasteiger charge is 2.26. The van der Waals surface area contributed by atoms with Gasteiger partial charge in [0.1, 0.15) is 5.75 Å². The zero-order valence-corrected chi connectivity index (χ0v) is 26.7. The van der Waals surface area contributed by atoms with Gasteiger partial charge in [0, 0.05) is 57.3 Å². The fraction of sp³-hybridized carbons (Fsp3) is 0.500. The number of fused-ring (bicyclic) bond motifs is 1. The number of ether oxygens (including phenoxy) is 2. The Morgan fingerprint density at radius 3 is 2.38 bits per heavy atom. The summed E-state index contributed by atoms with van der Waals surface area (Å²) >= 11 is 12.6. The number of hydrogen-bond acceptors (Lipinski definition) is 6. The van der Waals surface area contributed by atoms with E-state index in [0.717, 1.165) is 56.6 Å². The number of nitrogens with zero attached hydrogens (tertiary/aromatic N) is 4. The molecule has 0 N–H and O–H groups in total. The van der Waals surface area contributed by atoms with E-state index < -0.39 is 12.3 Å². The number of rotatable bonds is 11. The van der Waals surface area contributed by atoms with E-state index in [9.17, 15) is 9.59 Å². The van der Waals surface area contributed by atoms with Gasteiger partial charge in [0.15, 0.2) is 6.23 Å². The number of aromatic nitrogens is 1. The molecule has 42 heavy (non-hydrogen) atoms. The SMILES string of the molecule is CC(C)C(OC(=O)N(C)C(C)C)n1c(=O)ccc2ccc(OCCCCN3CCN(c4cccc(Cl)c4Cl)CC3)cc21. The van der Waals surface area contributed by atoms with Crippen LogP contribution < -0.4 is 15.2 Å². The number of amides is 1. The third kappa shape index (κ3) is 7.71. The van der Waals surface area contributed by atoms with Crippen LogP contribution in [0.25, 0.3) is 10.9 Å². The van der Waals surface area contributed by atoms with Crippen LogP contribution >= 0.6 is 23.2 Å². The van der Waals surface area contributed by atoms with Crippen molar-refractivity contribution in [3.63, 3.8) is 0 Å². The molecule has 1 aromatic heterocycles. The summed E-state index contributed by atoms with van der Waals surface area (Å²) < 4.78 is 13.5. The van der Waals surface area contributed by atoms with Gasteiger partial charge in [-0.1, -0.05) is 43.1 Å². The van der Waals surface area contributed by atoms with Crippen LogP contribution in [0.15, 0.2) is 53.3 Å². The van der Waals surface area contributed by atoms with Crippen LogP contribution in [0, 0.1) is 5.92 Å². The number of carbonyl (C=O) groups is 1. The second kappa shape index (κ2) is 14.5. The Labute approximate surface area is 258 Å². The van der Waals surface area contributed by atoms with Gasteiger partial charge in [0.25, 0.3) is 5.56 Å². The van der Waals surface area contributed by atoms with E-state index >= 15 is 0 Å². The zero-order valence-electron chi connectivity index (χ0n) is 25.2. The van der Waals surface area contributed by atoms with E-state index in [4.69, 9.17) is 32.7 Å². The molecule has 1 aliphatic heterocycles. The maximum Gasteiger partial charge on any atom is 0.411 e. The van der Waals surface area contributed by atoms with Crippen molar-refractivity contribution in [2.75, 3.05) is 51.3 Å². The normalized spacial score (nSPS) is 14.9. The number of unbranched alkanes of at least 4 members (excludes halogenated alkanes) is 1. The molecule has 4 rings (SSSR count). The molecule has 2 heterocycles. The lowest BCUT2D eigenvalue weighted by atomic mass is 10.1. The molecule has 1 atom stereocenters. The van der Waals surface area contributed by atoms with E-state index in [1.54, 1.807) is 17.7 Å². The number of halogens is 2. The fourth-order valence-electron chi connectivity index (χ4n) is 5.05. The molecule has 3 aromatic rings. The molecule has 1 fully saturated rings. The van der Waals surface area contributed by atoms with Crippen molar-refractivity contribution in [2.24, 2.45) is 5.92 Å². The van der Waals surface area contributed by atoms with E-state index in [0.29, 0.717) is 27.9 Å². The Hall–Kier alpha value is -2.94. The summed E-state index contributed by atoms with van der Waals surface area (Å²) in [5, 5.41) is 2.08. The summed E-state index contributed by atoms with van der Waals surface area (Å²) in [5.74, 6) is 0.564. The van der Waals surface area contributed by atoms with Crippen molar-refractivity contribution >= 4 is 45.9 Å². The predicted octanol–water partition coefficient (Wildman–Crippen LogP) is 6.92. The van der Waals surface area contributed by atoms with Gasteiger partial charge >= 0.3 is 6.09 Å². The molecule has 1 saturated heterocycles. The molecule has 8 nitrogen and oxygen atoms in total. The van der Waals surface area contributed by atoms with Gasteiger partial charge in [-0.05, 0) is 69.0 Å². The Morgan fingerprint density at radius 1 is 0.976 bits per heavy atom. The minimum absolute atomic E-state index is 0.0211. The second-order valence-electron chi connectivity index (χ2n) is 11.4. The Balaban J connectivity index is 1.33. The maximum absolute atomic E-state index is 13.1. The lowest BCUT2D eigenvalue weighted by Crippen LogP contribution is -2.46. The highest BCUT2D eigenvalue weighted by molar-refractivity contribution is 6.43. The first kappa shape index (κ1) is 32.0. The quantitative estimate of drug-likeness (QED) is 0.218. The van der Waals surface area contributed by atoms with Crippen LogP contribution in [0.4, 0.5) is 10.5 Å². The smallest absolute Gasteiger partial charge is 0.411 e. The van der Waals surface area contributed by atoms with Crippen molar-refractivity contribution < 1.29 is 14.3 Å². The molecule has 2 aromatic carbocycles. The highest BCUT2D eigenvalue weighted by Crippen LogP contribution is 2.33. The van der Waals surface area contributed by atoms with Crippen LogP contribution in [0.2, 0.25) is 10.0 Å². The molecule has 1 aliphatic rings. The van der Waals surface area contributed by atoms with Crippen molar-refractivity contribution in [3.05, 3.63) is 68.9 Å². The van der Waals surface area contributed by atoms with Crippen molar-refractivity contribution in [2.45, 2.75) is 52.8 Å². The molecule has 0 aliphatic carbocycles. The number of carbonyl (C=O) groups excluding carboxylic acids is 1. The summed E-state index contributed by atoms with van der Waals surface area (Å²) in [6.07, 6.45) is 0.716. The Kier molecular flexibility index (Phi) is 11.0. The molecule has 0 saturated carbocycles. The molecule has 0 radical (unpaired) electrons. The minimum Gasteiger partial charge on any atom is -0.494 e. The van der Waals surface area contributed by atoms with Crippen molar-refractivity contribution in [1.29, 1.82) is 0 Å². The van der Waals surface area contributed by atoms with Crippen LogP contribution in [-0.2, 0) is 4.74 Å². The third-order valence-electron chi connectivity index (χ3n) is 7.79. The average molecular weight is 618 g/mol. The summed E-state index contributed by atoms with van der Waals surface area (Å²) in [4.78, 5) is 32.1. The highest BCUT2D eigenvalue weighted by atomic mass is 35.5. The van der Waals surface area contributed by atoms with Crippen LogP contribution in [0.5, 0.6) is 5.75 Å². The van der Waals surface area contributed by atoms with Crippen LogP contribution in [0.1, 0.15) is 46.8 Å². The molecule has 1 unspecified atom stereocenters. The molecule has 0 bridgehead atoms. The maximum atomic E-state index is 13.1. The number of pyridine rings is 1. The van der Waals surface area contributed by atoms with Crippen molar-refractivity contribution in [3.8, 4) is 5.75 Å². The largest absolute Gasteiger partial charge is 0.494 e. The van der Waals surface area contributed by atoms with Gasteiger partial charge in [-0.3, -0.25) is 14.3 Å². The minimum atomic E-state index is -0.750. The molecule has 10 heteroatoms. The Morgan fingerprint density at radius 2 is 1.69 bits per heavy atom.